The third-order valence-corrected chi connectivity index (χ3v) is 8.37. The van der Waals surface area contributed by atoms with Crippen molar-refractivity contribution in [3.8, 4) is 10.4 Å². The van der Waals surface area contributed by atoms with Crippen LogP contribution >= 0.6 is 22.9 Å². The van der Waals surface area contributed by atoms with E-state index in [0.717, 1.165) is 34.5 Å². The molecule has 6 rings (SSSR count). The molecule has 2 aliphatic rings. The van der Waals surface area contributed by atoms with Crippen LogP contribution < -0.4 is 15.5 Å². The Bertz CT molecular complexity index is 1570. The van der Waals surface area contributed by atoms with E-state index in [-0.39, 0.29) is 17.0 Å². The van der Waals surface area contributed by atoms with Gasteiger partial charge >= 0.3 is 0 Å². The van der Waals surface area contributed by atoms with Crippen molar-refractivity contribution in [3.63, 3.8) is 0 Å². The molecule has 1 saturated carbocycles. The summed E-state index contributed by atoms with van der Waals surface area (Å²) in [5, 5.41) is 24.5. The van der Waals surface area contributed by atoms with Crippen LogP contribution in [-0.4, -0.2) is 39.7 Å². The van der Waals surface area contributed by atoms with Gasteiger partial charge in [-0.1, -0.05) is 29.8 Å². The fourth-order valence-electron chi connectivity index (χ4n) is 4.69. The van der Waals surface area contributed by atoms with E-state index in [1.165, 1.54) is 11.3 Å². The number of carbonyl (C=O) groups is 2. The lowest BCUT2D eigenvalue weighted by Gasteiger charge is -2.23. The number of benzene rings is 2. The third kappa shape index (κ3) is 5.25. The van der Waals surface area contributed by atoms with Gasteiger partial charge in [0.1, 0.15) is 0 Å². The Balaban J connectivity index is 1.22. The minimum atomic E-state index is -1.08. The minimum Gasteiger partial charge on any atom is -0.369 e. The number of thiophene rings is 1. The lowest BCUT2D eigenvalue weighted by molar-refractivity contribution is 0.0953. The van der Waals surface area contributed by atoms with Crippen molar-refractivity contribution >= 4 is 46.1 Å². The Morgan fingerprint density at radius 2 is 1.87 bits per heavy atom. The second kappa shape index (κ2) is 10.4. The van der Waals surface area contributed by atoms with Gasteiger partial charge in [-0.3, -0.25) is 9.59 Å². The predicted octanol–water partition coefficient (Wildman–Crippen LogP) is 5.37. The van der Waals surface area contributed by atoms with Crippen molar-refractivity contribution in [2.24, 2.45) is 0 Å². The molecule has 4 aromatic rings. The number of hydrogen-bond donors (Lipinski definition) is 3. The van der Waals surface area contributed by atoms with Gasteiger partial charge in [0, 0.05) is 39.8 Å². The zero-order valence-electron chi connectivity index (χ0n) is 21.1. The Morgan fingerprint density at radius 3 is 2.64 bits per heavy atom. The van der Waals surface area contributed by atoms with Crippen LogP contribution in [0.3, 0.4) is 0 Å². The van der Waals surface area contributed by atoms with Gasteiger partial charge in [0.25, 0.3) is 11.8 Å². The van der Waals surface area contributed by atoms with Crippen molar-refractivity contribution < 1.29 is 14.7 Å². The number of hydrogen-bond acceptors (Lipinski definition) is 7. The number of amides is 2. The highest BCUT2D eigenvalue weighted by molar-refractivity contribution is 7.17. The number of aryl methyl sites for hydroxylation is 1. The van der Waals surface area contributed by atoms with Gasteiger partial charge in [-0.25, -0.2) is 0 Å². The van der Waals surface area contributed by atoms with Crippen LogP contribution in [0.2, 0.25) is 5.15 Å². The highest BCUT2D eigenvalue weighted by Crippen LogP contribution is 2.42. The first-order valence-corrected chi connectivity index (χ1v) is 14.0. The summed E-state index contributed by atoms with van der Waals surface area (Å²) in [7, 11) is 0. The lowest BCUT2D eigenvalue weighted by atomic mass is 10.1. The van der Waals surface area contributed by atoms with Crippen molar-refractivity contribution in [1.29, 1.82) is 0 Å². The molecule has 1 aliphatic heterocycles. The molecule has 39 heavy (non-hydrogen) atoms. The minimum absolute atomic E-state index is 0.0163. The molecule has 0 radical (unpaired) electrons. The van der Waals surface area contributed by atoms with Crippen LogP contribution in [-0.2, 0) is 6.42 Å². The summed E-state index contributed by atoms with van der Waals surface area (Å²) in [5.74, 6) is -0.134. The van der Waals surface area contributed by atoms with Crippen molar-refractivity contribution in [2.45, 2.75) is 38.5 Å². The zero-order chi connectivity index (χ0) is 27.1. The van der Waals surface area contributed by atoms with E-state index in [0.29, 0.717) is 46.4 Å². The molecule has 1 fully saturated rings. The quantitative estimate of drug-likeness (QED) is 0.274. The largest absolute Gasteiger partial charge is 0.369 e. The van der Waals surface area contributed by atoms with E-state index in [9.17, 15) is 14.7 Å². The second-order valence-corrected chi connectivity index (χ2v) is 11.2. The molecule has 2 aromatic carbocycles. The number of anilines is 2. The third-order valence-electron chi connectivity index (χ3n) is 6.86. The molecule has 8 nitrogen and oxygen atoms in total. The first-order chi connectivity index (χ1) is 18.9. The Labute approximate surface area is 234 Å². The molecule has 0 saturated heterocycles. The van der Waals surface area contributed by atoms with Crippen molar-refractivity contribution in [1.82, 2.24) is 15.5 Å². The van der Waals surface area contributed by atoms with Gasteiger partial charge in [-0.2, -0.15) is 5.10 Å². The molecule has 2 amide bonds. The van der Waals surface area contributed by atoms with Crippen LogP contribution in [0.25, 0.3) is 10.4 Å². The Kier molecular flexibility index (Phi) is 6.80. The summed E-state index contributed by atoms with van der Waals surface area (Å²) >= 11 is 7.58. The normalized spacial score (nSPS) is 15.1. The van der Waals surface area contributed by atoms with Crippen molar-refractivity contribution in [2.75, 3.05) is 16.8 Å². The topological polar surface area (TPSA) is 107 Å². The maximum absolute atomic E-state index is 13.7. The van der Waals surface area contributed by atoms with Crippen LogP contribution in [0, 0.1) is 6.92 Å². The smallest absolute Gasteiger partial charge is 0.261 e. The SMILES string of the molecule is Cc1cc(C(O)Nc2ccc(C(=O)N3CCc4cc(C(=O)NC5CC5)sc4-c4ccccc43)cc2)c(Cl)nn1. The Hall–Kier alpha value is -3.79. The number of halogens is 1. The van der Waals surface area contributed by atoms with Gasteiger partial charge in [0.15, 0.2) is 11.4 Å². The summed E-state index contributed by atoms with van der Waals surface area (Å²) in [4.78, 5) is 29.9. The van der Waals surface area contributed by atoms with Gasteiger partial charge in [0.2, 0.25) is 0 Å². The number of nitrogens with zero attached hydrogens (tertiary/aromatic N) is 3. The fraction of sp³-hybridized carbons (Fsp3) is 0.241. The standard InChI is InChI=1S/C29H26ClN5O3S/c1-16-14-22(26(30)34-33-16)27(36)31-19-8-6-17(7-9-19)29(38)35-13-12-18-15-24(28(37)32-20-10-11-20)39-25(18)21-4-2-3-5-23(21)35/h2-9,14-15,20,27,31,36H,10-13H2,1H3,(H,32,37). The van der Waals surface area contributed by atoms with E-state index in [1.807, 2.05) is 30.3 Å². The molecule has 3 N–H and O–H groups in total. The molecule has 2 aromatic heterocycles. The average molecular weight is 560 g/mol. The maximum Gasteiger partial charge on any atom is 0.261 e. The Morgan fingerprint density at radius 1 is 1.10 bits per heavy atom. The van der Waals surface area contributed by atoms with Gasteiger partial charge in [-0.15, -0.1) is 16.4 Å². The number of aromatic nitrogens is 2. The first-order valence-electron chi connectivity index (χ1n) is 12.8. The number of aliphatic hydroxyl groups is 1. The molecular formula is C29H26ClN5O3S. The van der Waals surface area contributed by atoms with Crippen LogP contribution in [0.4, 0.5) is 11.4 Å². The number of aliphatic hydroxyl groups excluding tert-OH is 1. The summed E-state index contributed by atoms with van der Waals surface area (Å²) in [5.41, 5.74) is 5.07. The monoisotopic (exact) mass is 559 g/mol. The predicted molar refractivity (Wildman–Crippen MR) is 152 cm³/mol. The molecular weight excluding hydrogens is 534 g/mol. The number of para-hydroxylation sites is 1. The van der Waals surface area contributed by atoms with Gasteiger partial charge < -0.3 is 20.6 Å². The highest BCUT2D eigenvalue weighted by Gasteiger charge is 2.29. The molecule has 1 aliphatic carbocycles. The van der Waals surface area contributed by atoms with Crippen LogP contribution in [0.5, 0.6) is 0 Å². The fourth-order valence-corrected chi connectivity index (χ4v) is 6.03. The average Bonchev–Trinajstić information content (AvgIpc) is 3.68. The summed E-state index contributed by atoms with van der Waals surface area (Å²) in [6, 6.07) is 18.8. The van der Waals surface area contributed by atoms with E-state index < -0.39 is 6.23 Å². The first kappa shape index (κ1) is 25.5. The summed E-state index contributed by atoms with van der Waals surface area (Å²) in [6.45, 7) is 2.26. The van der Waals surface area contributed by atoms with Crippen LogP contribution in [0.15, 0.2) is 60.7 Å². The van der Waals surface area contributed by atoms with E-state index in [4.69, 9.17) is 11.6 Å². The second-order valence-electron chi connectivity index (χ2n) is 9.79. The molecule has 3 heterocycles. The summed E-state index contributed by atoms with van der Waals surface area (Å²) in [6.07, 6.45) is 1.66. The van der Waals surface area contributed by atoms with Crippen molar-refractivity contribution in [3.05, 3.63) is 93.1 Å². The molecule has 10 heteroatoms. The summed E-state index contributed by atoms with van der Waals surface area (Å²) < 4.78 is 0. The highest BCUT2D eigenvalue weighted by atomic mass is 35.5. The molecule has 0 spiro atoms. The van der Waals surface area contributed by atoms with E-state index >= 15 is 0 Å². The number of nitrogens with one attached hydrogen (secondary N) is 2. The number of rotatable bonds is 6. The van der Waals surface area contributed by atoms with Crippen LogP contribution in [0.1, 0.15) is 55.9 Å². The van der Waals surface area contributed by atoms with E-state index in [2.05, 4.69) is 20.8 Å². The molecule has 1 atom stereocenters. The molecule has 1 unspecified atom stereocenters. The molecule has 198 valence electrons. The number of fused-ring (bicyclic) bond motifs is 3. The lowest BCUT2D eigenvalue weighted by Crippen LogP contribution is -2.32. The zero-order valence-corrected chi connectivity index (χ0v) is 22.7. The number of carbonyl (C=O) groups excluding carboxylic acids is 2. The van der Waals surface area contributed by atoms with Gasteiger partial charge in [0.05, 0.1) is 16.3 Å². The molecule has 0 bridgehead atoms. The maximum atomic E-state index is 13.7. The van der Waals surface area contributed by atoms with Gasteiger partial charge in [-0.05, 0) is 74.2 Å². The van der Waals surface area contributed by atoms with E-state index in [1.54, 1.807) is 42.2 Å².